The van der Waals surface area contributed by atoms with Gasteiger partial charge in [0.15, 0.2) is 12.1 Å². The predicted molar refractivity (Wildman–Crippen MR) is 460 cm³/mol. The Morgan fingerprint density at radius 2 is 0.624 bits per heavy atom. The number of guanidine groups is 1. The number of aliphatic hydroxyl groups excluding tert-OH is 2. The molecule has 0 aliphatic carbocycles. The van der Waals surface area contributed by atoms with Crippen molar-refractivity contribution in [2.75, 3.05) is 19.8 Å². The van der Waals surface area contributed by atoms with Gasteiger partial charge in [0.25, 0.3) is 0 Å². The van der Waals surface area contributed by atoms with Crippen LogP contribution in [0.25, 0.3) is 0 Å². The maximum Gasteiger partial charge on any atom is 0.370 e. The van der Waals surface area contributed by atoms with Gasteiger partial charge < -0.3 is 168 Å². The molecule has 1 aliphatic heterocycles. The maximum absolute atomic E-state index is 14.5. The van der Waals surface area contributed by atoms with E-state index >= 15 is 0 Å². The van der Waals surface area contributed by atoms with E-state index in [1.807, 2.05) is 0 Å². The van der Waals surface area contributed by atoms with Gasteiger partial charge in [-0.3, -0.25) is 116 Å². The van der Waals surface area contributed by atoms with Crippen LogP contribution in [-0.2, 0) is 125 Å². The average Bonchev–Trinajstić information content (AvgIpc) is 0.788. The first-order valence-corrected chi connectivity index (χ1v) is 42.4. The fraction of sp³-hybridized carbons (Fsp3) is 0.649. The van der Waals surface area contributed by atoms with Gasteiger partial charge in [-0.2, -0.15) is 0 Å². The SMILES string of the molecule is CC(=O)N[C@H]1[C@H]([C@H](OCCCCCCCCCCNC(=O)CC[C@H](N)C(=O)N[C@@H](CCC(N)=O)C(=O)N[C@@H](CCC(N)=O)C(=O)N[C@@H](CCC(N)=O)C(=O)N[C@@H](CCC(N)=O)C(=O)N[C@@H](CCC(N)=O)C(=O)N[C@@H](CCC(N)=O)C(=O)N[C@@H](CCC(N)=O)C(=O)N[C@@H](CCC(N)=O)C(=O)N[C@@H](CCC(N)=O)C(=O)N[C@@H](CCC(N)=O)C(N)=O)[C@H](O)CO)OC(C(=O)O)=C[C@@H]1NC(=N)N. The first-order valence-electron chi connectivity index (χ1n) is 42.4. The molecule has 0 saturated heterocycles. The normalized spacial score (nSPS) is 16.1. The minimum Gasteiger partial charge on any atom is -0.478 e. The van der Waals surface area contributed by atoms with Gasteiger partial charge in [0, 0.05) is 90.7 Å². The zero-order chi connectivity index (χ0) is 101. The molecule has 133 heavy (non-hydrogen) atoms. The summed E-state index contributed by atoms with van der Waals surface area (Å²) in [6, 6.07) is -22.6. The Hall–Kier alpha value is -14.1. The lowest BCUT2D eigenvalue weighted by Gasteiger charge is -2.41. The number of carboxylic acids is 1. The van der Waals surface area contributed by atoms with Crippen LogP contribution in [0.5, 0.6) is 0 Å². The topological polar surface area (TPSA) is 1010 Å². The summed E-state index contributed by atoms with van der Waals surface area (Å²) in [6.45, 7) is 0.668. The molecule has 1 rings (SSSR count). The van der Waals surface area contributed by atoms with Crippen LogP contribution in [0.3, 0.4) is 0 Å². The summed E-state index contributed by atoms with van der Waals surface area (Å²) in [4.78, 5) is 312. The second-order valence-corrected chi connectivity index (χ2v) is 31.2. The van der Waals surface area contributed by atoms with Gasteiger partial charge in [0.1, 0.15) is 72.6 Å². The van der Waals surface area contributed by atoms with Crippen molar-refractivity contribution in [1.29, 1.82) is 5.41 Å². The van der Waals surface area contributed by atoms with E-state index in [1.165, 1.54) is 6.92 Å². The zero-order valence-corrected chi connectivity index (χ0v) is 73.6. The van der Waals surface area contributed by atoms with Gasteiger partial charge in [-0.05, 0) is 89.5 Å². The van der Waals surface area contributed by atoms with E-state index < -0.39 is 385 Å². The number of nitrogens with one attached hydrogen (secondary N) is 14. The number of aliphatic carboxylic acids is 1. The van der Waals surface area contributed by atoms with E-state index in [4.69, 9.17) is 89.4 Å². The molecule has 0 aromatic carbocycles. The minimum atomic E-state index is -2.03. The number of hydrogen-bond acceptors (Lipinski definition) is 30. The zero-order valence-electron chi connectivity index (χ0n) is 73.6. The van der Waals surface area contributed by atoms with Crippen LogP contribution >= 0.6 is 0 Å². The number of ether oxygens (including phenoxy) is 2. The molecule has 0 aromatic heterocycles. The first kappa shape index (κ1) is 117. The molecule has 23 amide bonds. The molecule has 0 aromatic rings. The Morgan fingerprint density at radius 3 is 0.872 bits per heavy atom. The molecule has 16 atom stereocenters. The van der Waals surface area contributed by atoms with Crippen molar-refractivity contribution in [3.05, 3.63) is 11.8 Å². The van der Waals surface area contributed by atoms with Crippen LogP contribution in [0.4, 0.5) is 0 Å². The molecule has 43 N–H and O–H groups in total. The molecule has 0 fully saturated rings. The third-order valence-corrected chi connectivity index (χ3v) is 20.0. The van der Waals surface area contributed by atoms with Gasteiger partial charge in [0.05, 0.1) is 24.7 Å². The fourth-order valence-corrected chi connectivity index (χ4v) is 12.9. The van der Waals surface area contributed by atoms with Crippen molar-refractivity contribution < 1.29 is 140 Å². The number of unbranched alkanes of at least 4 members (excludes halogenated alkanes) is 7. The number of carbonyl (C=O) groups excluding carboxylic acids is 23. The van der Waals surface area contributed by atoms with Gasteiger partial charge in [-0.25, -0.2) is 4.79 Å². The number of aliphatic hydroxyl groups is 2. The van der Waals surface area contributed by atoms with Crippen molar-refractivity contribution in [3.63, 3.8) is 0 Å². The van der Waals surface area contributed by atoms with Gasteiger partial charge in [-0.1, -0.05) is 38.5 Å². The highest BCUT2D eigenvalue weighted by Gasteiger charge is 2.46. The lowest BCUT2D eigenvalue weighted by molar-refractivity contribution is -0.154. The number of carbonyl (C=O) groups is 24. The van der Waals surface area contributed by atoms with Gasteiger partial charge >= 0.3 is 5.97 Å². The summed E-state index contributed by atoms with van der Waals surface area (Å²) in [5.74, 6) is -28.3. The summed E-state index contributed by atoms with van der Waals surface area (Å²) < 4.78 is 11.6. The van der Waals surface area contributed by atoms with Crippen molar-refractivity contribution in [3.8, 4) is 0 Å². The minimum absolute atomic E-state index is 0.0435. The highest BCUT2D eigenvalue weighted by molar-refractivity contribution is 6.01. The Morgan fingerprint density at radius 1 is 0.368 bits per heavy atom. The highest BCUT2D eigenvalue weighted by Crippen LogP contribution is 2.26. The fourth-order valence-electron chi connectivity index (χ4n) is 12.9. The molecule has 56 heteroatoms. The molecular formula is C77H129N27O29. The molecule has 0 bridgehead atoms. The monoisotopic (exact) mass is 1900 g/mol. The lowest BCUT2D eigenvalue weighted by Crippen LogP contribution is -2.64. The average molecular weight is 1900 g/mol. The van der Waals surface area contributed by atoms with Crippen molar-refractivity contribution in [1.82, 2.24) is 69.1 Å². The summed E-state index contributed by atoms with van der Waals surface area (Å²) in [7, 11) is 0. The van der Waals surface area contributed by atoms with Crippen LogP contribution < -0.4 is 144 Å². The molecule has 746 valence electrons. The number of carboxylic acid groups (broad SMARTS) is 1. The van der Waals surface area contributed by atoms with E-state index in [9.17, 15) is 130 Å². The van der Waals surface area contributed by atoms with Crippen molar-refractivity contribution in [2.45, 2.75) is 296 Å². The lowest BCUT2D eigenvalue weighted by atomic mass is 9.91. The number of primary amides is 11. The highest BCUT2D eigenvalue weighted by atomic mass is 16.6. The molecule has 56 nitrogen and oxygen atoms in total. The predicted octanol–water partition coefficient (Wildman–Crippen LogP) is -14.2. The van der Waals surface area contributed by atoms with Gasteiger partial charge in [-0.15, -0.1) is 0 Å². The largest absolute Gasteiger partial charge is 0.478 e. The van der Waals surface area contributed by atoms with Crippen LogP contribution in [0.15, 0.2) is 11.8 Å². The van der Waals surface area contributed by atoms with Crippen LogP contribution in [0, 0.1) is 5.41 Å². The number of rotatable bonds is 72. The third-order valence-electron chi connectivity index (χ3n) is 20.0. The summed E-state index contributed by atoms with van der Waals surface area (Å²) in [5.41, 5.74) is 70.7. The molecule has 0 unspecified atom stereocenters. The molecular weight excluding hydrogens is 1770 g/mol. The smallest absolute Gasteiger partial charge is 0.370 e. The Bertz CT molecular complexity index is 4140. The summed E-state index contributed by atoms with van der Waals surface area (Å²) >= 11 is 0. The van der Waals surface area contributed by atoms with E-state index in [2.05, 4.69) is 69.1 Å². The number of amides is 23. The van der Waals surface area contributed by atoms with E-state index in [0.29, 0.717) is 25.7 Å². The maximum atomic E-state index is 14.5. The Balaban J connectivity index is 3.43. The van der Waals surface area contributed by atoms with Crippen LogP contribution in [-0.4, -0.2) is 280 Å². The molecule has 0 radical (unpaired) electrons. The standard InChI is InChI=1S/C77H129N27O29/c1-36(106)93-62-48(104-77(90)91)34-50(76(130)131)133-64(62)63(49(107)35-105)132-33-9-7-5-3-2-4-6-8-32-92-61(118)31-10-37(78)66(120)95-39(12-22-52(80)109)68(122)97-41(14-24-54(82)111)70(124)99-43(16-26-56(84)113)72(126)101-45(18-28-58(86)115)74(128)103-47(20-30-60(88)117)75(129)102-46(19-29-59(87)116)73(127)100-44(17-27-57(85)114)71(125)98-42(15-25-55(83)112)69(123)96-40(13-23-53(81)110)67(121)94-38(65(89)119)11-21-51(79)108/h34,37-49,62-64,105,107H,2-33,35,78H2,1H3,(H2,79,108)(H2,80,109)(H2,81,110)(H2,82,111)(H2,83,112)(H2,84,113)(H2,85,114)(H2,86,115)(H2,87,116)(H2,88,117)(H2,89,119)(H,92,118)(H,93,106)(H,94,121)(H,95,120)(H,96,123)(H,97,122)(H,98,125)(H,99,124)(H,100,127)(H,101,126)(H,102,129)(H,103,128)(H,130,131)(H4,90,91,104)/t37-,38-,39-,40-,41-,42-,43-,44-,45-,46-,47-,48-,49+,62+,63+,64+/m0/s1. The van der Waals surface area contributed by atoms with E-state index in [-0.39, 0.29) is 26.0 Å². The second kappa shape index (κ2) is 62.3. The number of hydrogen-bond donors (Lipinski definition) is 30. The van der Waals surface area contributed by atoms with Crippen molar-refractivity contribution in [2.24, 2.45) is 74.5 Å². The van der Waals surface area contributed by atoms with Crippen LogP contribution in [0.2, 0.25) is 0 Å². The Kier molecular flexibility index (Phi) is 54.7. The summed E-state index contributed by atoms with van der Waals surface area (Å²) in [5, 5.41) is 68.3. The van der Waals surface area contributed by atoms with Crippen molar-refractivity contribution >= 4 is 148 Å². The molecule has 1 heterocycles. The number of nitrogens with two attached hydrogens (primary N) is 13. The molecule has 0 saturated carbocycles. The molecule has 0 spiro atoms. The van der Waals surface area contributed by atoms with E-state index in [0.717, 1.165) is 31.8 Å². The van der Waals surface area contributed by atoms with E-state index in [1.54, 1.807) is 0 Å². The first-order chi connectivity index (χ1) is 62.3. The van der Waals surface area contributed by atoms with Crippen LogP contribution in [0.1, 0.15) is 200 Å². The Labute approximate surface area is 762 Å². The quantitative estimate of drug-likeness (QED) is 0.0153. The van der Waals surface area contributed by atoms with Gasteiger partial charge in [0.2, 0.25) is 142 Å². The third kappa shape index (κ3) is 50.1. The second-order valence-electron chi connectivity index (χ2n) is 31.2. The summed E-state index contributed by atoms with van der Waals surface area (Å²) in [6.07, 6.45) is -11.4. The molecule has 1 aliphatic rings.